The van der Waals surface area contributed by atoms with Crippen molar-refractivity contribution in [1.29, 1.82) is 0 Å². The SMILES string of the molecule is CO[C@H]1C[C@H](CN(C)Cc2cnn(C)c2)N(C(=O)OC(C)(C)C)C1. The molecular formula is C17H30N4O3. The van der Waals surface area contributed by atoms with Crippen molar-refractivity contribution < 1.29 is 14.3 Å². The molecule has 0 radical (unpaired) electrons. The summed E-state index contributed by atoms with van der Waals surface area (Å²) in [5, 5.41) is 4.20. The Morgan fingerprint density at radius 2 is 2.17 bits per heavy atom. The van der Waals surface area contributed by atoms with Crippen LogP contribution in [0.4, 0.5) is 4.79 Å². The van der Waals surface area contributed by atoms with Gasteiger partial charge in [0.2, 0.25) is 0 Å². The molecule has 0 N–H and O–H groups in total. The molecule has 136 valence electrons. The van der Waals surface area contributed by atoms with Gasteiger partial charge in [0.05, 0.1) is 24.9 Å². The van der Waals surface area contributed by atoms with E-state index in [1.54, 1.807) is 16.7 Å². The zero-order valence-electron chi connectivity index (χ0n) is 15.7. The molecule has 0 saturated carbocycles. The molecule has 1 aliphatic rings. The molecule has 1 fully saturated rings. The molecule has 2 rings (SSSR count). The number of hydrogen-bond acceptors (Lipinski definition) is 5. The number of nitrogens with zero attached hydrogens (tertiary/aromatic N) is 4. The van der Waals surface area contributed by atoms with E-state index in [-0.39, 0.29) is 18.2 Å². The fourth-order valence-electron chi connectivity index (χ4n) is 3.05. The molecule has 24 heavy (non-hydrogen) atoms. The molecule has 0 aromatic carbocycles. The minimum atomic E-state index is -0.492. The van der Waals surface area contributed by atoms with Crippen LogP contribution in [0.3, 0.4) is 0 Å². The lowest BCUT2D eigenvalue weighted by Gasteiger charge is -2.30. The topological polar surface area (TPSA) is 59.8 Å². The van der Waals surface area contributed by atoms with E-state index >= 15 is 0 Å². The van der Waals surface area contributed by atoms with Gasteiger partial charge < -0.3 is 14.4 Å². The summed E-state index contributed by atoms with van der Waals surface area (Å²) >= 11 is 0. The number of likely N-dealkylation sites (N-methyl/N-ethyl adjacent to an activating group) is 1. The quantitative estimate of drug-likeness (QED) is 0.820. The Hall–Kier alpha value is -1.60. The van der Waals surface area contributed by atoms with Gasteiger partial charge in [-0.05, 0) is 34.2 Å². The molecule has 7 nitrogen and oxygen atoms in total. The lowest BCUT2D eigenvalue weighted by Crippen LogP contribution is -2.44. The summed E-state index contributed by atoms with van der Waals surface area (Å²) in [4.78, 5) is 16.5. The lowest BCUT2D eigenvalue weighted by atomic mass is 10.2. The van der Waals surface area contributed by atoms with Crippen LogP contribution < -0.4 is 0 Å². The van der Waals surface area contributed by atoms with Gasteiger partial charge in [0.25, 0.3) is 0 Å². The first-order valence-electron chi connectivity index (χ1n) is 8.36. The number of carbonyl (C=O) groups is 1. The Labute approximate surface area is 144 Å². The minimum Gasteiger partial charge on any atom is -0.444 e. The molecule has 7 heteroatoms. The molecule has 1 aliphatic heterocycles. The summed E-state index contributed by atoms with van der Waals surface area (Å²) < 4.78 is 12.8. The van der Waals surface area contributed by atoms with Gasteiger partial charge in [0, 0.05) is 39.0 Å². The van der Waals surface area contributed by atoms with Crippen molar-refractivity contribution in [3.05, 3.63) is 18.0 Å². The van der Waals surface area contributed by atoms with Crippen LogP contribution in [0.25, 0.3) is 0 Å². The second kappa shape index (κ2) is 7.53. The van der Waals surface area contributed by atoms with Crippen LogP contribution in [0.15, 0.2) is 12.4 Å². The van der Waals surface area contributed by atoms with Gasteiger partial charge >= 0.3 is 6.09 Å². The highest BCUT2D eigenvalue weighted by Gasteiger charge is 2.38. The van der Waals surface area contributed by atoms with E-state index in [0.29, 0.717) is 6.54 Å². The second-order valence-corrected chi connectivity index (χ2v) is 7.60. The second-order valence-electron chi connectivity index (χ2n) is 7.60. The van der Waals surface area contributed by atoms with Gasteiger partial charge in [-0.1, -0.05) is 0 Å². The van der Waals surface area contributed by atoms with Crippen molar-refractivity contribution in [3.63, 3.8) is 0 Å². The normalized spacial score (nSPS) is 21.5. The predicted molar refractivity (Wildman–Crippen MR) is 91.7 cm³/mol. The zero-order valence-corrected chi connectivity index (χ0v) is 15.7. The standard InChI is InChI=1S/C17H30N4O3/c1-17(2,3)24-16(22)21-12-15(23-6)7-14(21)11-19(4)9-13-8-18-20(5)10-13/h8,10,14-15H,7,9,11-12H2,1-6H3/t14-,15+/m1/s1. The van der Waals surface area contributed by atoms with Gasteiger partial charge in [-0.3, -0.25) is 9.58 Å². The van der Waals surface area contributed by atoms with E-state index in [1.807, 2.05) is 40.2 Å². The number of methoxy groups -OCH3 is 1. The number of rotatable bonds is 5. The number of likely N-dealkylation sites (tertiary alicyclic amines) is 1. The maximum atomic E-state index is 12.5. The van der Waals surface area contributed by atoms with Crippen molar-refractivity contribution in [2.45, 2.75) is 51.5 Å². The molecule has 1 amide bonds. The van der Waals surface area contributed by atoms with E-state index in [9.17, 15) is 4.79 Å². The smallest absolute Gasteiger partial charge is 0.410 e. The van der Waals surface area contributed by atoms with Gasteiger partial charge in [-0.2, -0.15) is 5.10 Å². The third-order valence-corrected chi connectivity index (χ3v) is 4.07. The number of ether oxygens (including phenoxy) is 2. The number of aromatic nitrogens is 2. The fourth-order valence-corrected chi connectivity index (χ4v) is 3.05. The molecule has 0 unspecified atom stereocenters. The predicted octanol–water partition coefficient (Wildman–Crippen LogP) is 1.88. The molecule has 1 aromatic rings. The first kappa shape index (κ1) is 18.7. The van der Waals surface area contributed by atoms with Crippen molar-refractivity contribution >= 4 is 6.09 Å². The molecule has 1 aromatic heterocycles. The van der Waals surface area contributed by atoms with E-state index in [1.165, 1.54) is 0 Å². The summed E-state index contributed by atoms with van der Waals surface area (Å²) in [5.41, 5.74) is 0.666. The molecule has 2 atom stereocenters. The van der Waals surface area contributed by atoms with Crippen LogP contribution in [0.5, 0.6) is 0 Å². The number of carbonyl (C=O) groups excluding carboxylic acids is 1. The molecule has 0 aliphatic carbocycles. The van der Waals surface area contributed by atoms with Crippen molar-refractivity contribution in [1.82, 2.24) is 19.6 Å². The Balaban J connectivity index is 1.98. The number of aryl methyl sites for hydroxylation is 1. The highest BCUT2D eigenvalue weighted by molar-refractivity contribution is 5.69. The molecule has 0 spiro atoms. The van der Waals surface area contributed by atoms with Crippen LogP contribution >= 0.6 is 0 Å². The third kappa shape index (κ3) is 5.21. The van der Waals surface area contributed by atoms with E-state index < -0.39 is 5.60 Å². The van der Waals surface area contributed by atoms with E-state index in [4.69, 9.17) is 9.47 Å². The molecule has 2 heterocycles. The fraction of sp³-hybridized carbons (Fsp3) is 0.765. The summed E-state index contributed by atoms with van der Waals surface area (Å²) in [6.45, 7) is 7.81. The van der Waals surface area contributed by atoms with Gasteiger partial charge in [0.15, 0.2) is 0 Å². The van der Waals surface area contributed by atoms with Crippen LogP contribution in [-0.2, 0) is 23.1 Å². The zero-order chi connectivity index (χ0) is 17.9. The third-order valence-electron chi connectivity index (χ3n) is 4.07. The maximum absolute atomic E-state index is 12.5. The largest absolute Gasteiger partial charge is 0.444 e. The first-order chi connectivity index (χ1) is 11.2. The molecule has 0 bridgehead atoms. The highest BCUT2D eigenvalue weighted by atomic mass is 16.6. The summed E-state index contributed by atoms with van der Waals surface area (Å²) in [5.74, 6) is 0. The molecular weight excluding hydrogens is 308 g/mol. The monoisotopic (exact) mass is 338 g/mol. The van der Waals surface area contributed by atoms with Crippen molar-refractivity contribution in [2.75, 3.05) is 27.2 Å². The van der Waals surface area contributed by atoms with Gasteiger partial charge in [-0.25, -0.2) is 4.79 Å². The lowest BCUT2D eigenvalue weighted by molar-refractivity contribution is 0.0176. The average molecular weight is 338 g/mol. The summed E-state index contributed by atoms with van der Waals surface area (Å²) in [6.07, 6.45) is 4.51. The number of hydrogen-bond donors (Lipinski definition) is 0. The molecule has 1 saturated heterocycles. The van der Waals surface area contributed by atoms with Crippen LogP contribution in [-0.4, -0.2) is 70.7 Å². The van der Waals surface area contributed by atoms with E-state index in [2.05, 4.69) is 17.0 Å². The highest BCUT2D eigenvalue weighted by Crippen LogP contribution is 2.23. The maximum Gasteiger partial charge on any atom is 0.410 e. The Morgan fingerprint density at radius 3 is 2.71 bits per heavy atom. The van der Waals surface area contributed by atoms with Crippen LogP contribution in [0, 0.1) is 0 Å². The van der Waals surface area contributed by atoms with Crippen molar-refractivity contribution in [2.24, 2.45) is 7.05 Å². The average Bonchev–Trinajstić information content (AvgIpc) is 3.03. The van der Waals surface area contributed by atoms with Gasteiger partial charge in [-0.15, -0.1) is 0 Å². The van der Waals surface area contributed by atoms with Crippen LogP contribution in [0.1, 0.15) is 32.8 Å². The Kier molecular flexibility index (Phi) is 5.87. The van der Waals surface area contributed by atoms with Crippen molar-refractivity contribution in [3.8, 4) is 0 Å². The summed E-state index contributed by atoms with van der Waals surface area (Å²) in [6, 6.07) is 0.0893. The van der Waals surface area contributed by atoms with E-state index in [0.717, 1.165) is 25.1 Å². The number of amides is 1. The van der Waals surface area contributed by atoms with Gasteiger partial charge in [0.1, 0.15) is 5.60 Å². The first-order valence-corrected chi connectivity index (χ1v) is 8.36. The van der Waals surface area contributed by atoms with Crippen LogP contribution in [0.2, 0.25) is 0 Å². The Morgan fingerprint density at radius 1 is 1.46 bits per heavy atom. The summed E-state index contributed by atoms with van der Waals surface area (Å²) in [7, 11) is 5.66. The Bertz CT molecular complexity index is 552. The minimum absolute atomic E-state index is 0.0642.